The molecule has 0 fully saturated rings. The number of hydrogen-bond acceptors (Lipinski definition) is 5. The molecule has 0 atom stereocenters. The second-order valence-electron chi connectivity index (χ2n) is 5.33. The van der Waals surface area contributed by atoms with E-state index in [9.17, 15) is 0 Å². The van der Waals surface area contributed by atoms with Crippen molar-refractivity contribution in [3.63, 3.8) is 0 Å². The maximum Gasteiger partial charge on any atom is 0.181 e. The van der Waals surface area contributed by atoms with Crippen molar-refractivity contribution >= 4 is 39.7 Å². The lowest BCUT2D eigenvalue weighted by molar-refractivity contribution is 0.586. The molecule has 0 spiro atoms. The van der Waals surface area contributed by atoms with E-state index in [1.807, 2.05) is 19.4 Å². The van der Waals surface area contributed by atoms with Crippen molar-refractivity contribution in [3.05, 3.63) is 19.7 Å². The molecule has 0 unspecified atom stereocenters. The highest BCUT2D eigenvalue weighted by atomic mass is 127. The van der Waals surface area contributed by atoms with Gasteiger partial charge in [-0.3, -0.25) is 0 Å². The first-order chi connectivity index (χ1) is 8.82. The van der Waals surface area contributed by atoms with Crippen LogP contribution in [0.1, 0.15) is 31.5 Å². The molecule has 1 N–H and O–H groups in total. The Morgan fingerprint density at radius 2 is 1.89 bits per heavy atom. The average molecular weight is 388 g/mol. The van der Waals surface area contributed by atoms with E-state index in [-0.39, 0.29) is 5.41 Å². The zero-order valence-electron chi connectivity index (χ0n) is 11.7. The lowest BCUT2D eigenvalue weighted by Crippen LogP contribution is -2.10. The molecule has 0 bridgehead atoms. The van der Waals surface area contributed by atoms with Gasteiger partial charge in [-0.1, -0.05) is 20.8 Å². The van der Waals surface area contributed by atoms with E-state index < -0.39 is 0 Å². The number of anilines is 1. The van der Waals surface area contributed by atoms with Crippen LogP contribution in [0.25, 0.3) is 11.5 Å². The molecule has 2 aromatic heterocycles. The van der Waals surface area contributed by atoms with E-state index in [1.54, 1.807) is 11.3 Å². The summed E-state index contributed by atoms with van der Waals surface area (Å²) < 4.78 is 1.05. The third-order valence-electron chi connectivity index (χ3n) is 2.63. The molecule has 0 radical (unpaired) electrons. The van der Waals surface area contributed by atoms with Gasteiger partial charge in [0.25, 0.3) is 0 Å². The molecule has 0 aromatic carbocycles. The predicted molar refractivity (Wildman–Crippen MR) is 88.8 cm³/mol. The zero-order valence-corrected chi connectivity index (χ0v) is 14.7. The topological polar surface area (TPSA) is 50.7 Å². The molecule has 6 heteroatoms. The van der Waals surface area contributed by atoms with Crippen LogP contribution in [-0.4, -0.2) is 22.0 Å². The minimum absolute atomic E-state index is 0.0625. The van der Waals surface area contributed by atoms with Crippen molar-refractivity contribution in [2.45, 2.75) is 33.1 Å². The fraction of sp³-hybridized carbons (Fsp3) is 0.462. The highest BCUT2D eigenvalue weighted by Crippen LogP contribution is 2.30. The van der Waals surface area contributed by atoms with Crippen molar-refractivity contribution in [2.75, 3.05) is 12.4 Å². The highest BCUT2D eigenvalue weighted by molar-refractivity contribution is 14.1. The Kier molecular flexibility index (Phi) is 4.10. The van der Waals surface area contributed by atoms with Gasteiger partial charge in [0.1, 0.15) is 11.5 Å². The maximum absolute atomic E-state index is 4.66. The van der Waals surface area contributed by atoms with Crippen LogP contribution < -0.4 is 5.32 Å². The van der Waals surface area contributed by atoms with Gasteiger partial charge in [0.05, 0.1) is 14.3 Å². The molecular weight excluding hydrogens is 371 g/mol. The third kappa shape index (κ3) is 3.05. The molecule has 0 aliphatic rings. The van der Waals surface area contributed by atoms with Crippen LogP contribution >= 0.6 is 33.9 Å². The number of hydrogen-bond donors (Lipinski definition) is 1. The lowest BCUT2D eigenvalue weighted by Gasteiger charge is -2.13. The molecule has 2 aromatic rings. The lowest BCUT2D eigenvalue weighted by atomic mass is 9.98. The number of nitrogens with one attached hydrogen (secondary N) is 1. The molecule has 0 saturated heterocycles. The fourth-order valence-corrected chi connectivity index (χ4v) is 2.96. The fourth-order valence-electron chi connectivity index (χ4n) is 1.56. The summed E-state index contributed by atoms with van der Waals surface area (Å²) in [5.74, 6) is 1.54. The first-order valence-corrected chi connectivity index (χ1v) is 7.97. The van der Waals surface area contributed by atoms with Gasteiger partial charge >= 0.3 is 0 Å². The van der Waals surface area contributed by atoms with Crippen LogP contribution in [0.15, 0.2) is 5.38 Å². The number of halogens is 1. The SMILES string of the molecule is CNc1nc(-c2csc(C(C)(C)C)n2)nc(C)c1I. The molecule has 0 aliphatic carbocycles. The first-order valence-electron chi connectivity index (χ1n) is 6.01. The summed E-state index contributed by atoms with van der Waals surface area (Å²) in [6.07, 6.45) is 0. The van der Waals surface area contributed by atoms with Crippen molar-refractivity contribution < 1.29 is 0 Å². The van der Waals surface area contributed by atoms with Crippen LogP contribution in [0.5, 0.6) is 0 Å². The quantitative estimate of drug-likeness (QED) is 0.794. The van der Waals surface area contributed by atoms with E-state index >= 15 is 0 Å². The van der Waals surface area contributed by atoms with Crippen LogP contribution in [-0.2, 0) is 5.41 Å². The number of rotatable bonds is 2. The molecule has 19 heavy (non-hydrogen) atoms. The van der Waals surface area contributed by atoms with E-state index in [0.717, 1.165) is 25.8 Å². The summed E-state index contributed by atoms with van der Waals surface area (Å²) >= 11 is 3.92. The number of thiazole rings is 1. The molecule has 102 valence electrons. The van der Waals surface area contributed by atoms with E-state index in [4.69, 9.17) is 0 Å². The number of nitrogens with zero attached hydrogens (tertiary/aromatic N) is 3. The van der Waals surface area contributed by atoms with Crippen molar-refractivity contribution in [3.8, 4) is 11.5 Å². The first kappa shape index (κ1) is 14.6. The normalized spacial score (nSPS) is 11.7. The minimum atomic E-state index is 0.0625. The Balaban J connectivity index is 2.48. The highest BCUT2D eigenvalue weighted by Gasteiger charge is 2.20. The molecule has 0 aliphatic heterocycles. The second-order valence-corrected chi connectivity index (χ2v) is 7.27. The standard InChI is InChI=1S/C13H17IN4S/c1-7-9(14)11(15-5)18-10(16-7)8-6-19-12(17-8)13(2,3)4/h6H,1-5H3,(H,15,16,18). The molecule has 2 heterocycles. The molecule has 0 saturated carbocycles. The van der Waals surface area contributed by atoms with Crippen LogP contribution in [0.2, 0.25) is 0 Å². The predicted octanol–water partition coefficient (Wildman–Crippen LogP) is 3.85. The van der Waals surface area contributed by atoms with E-state index in [0.29, 0.717) is 5.82 Å². The zero-order chi connectivity index (χ0) is 14.2. The summed E-state index contributed by atoms with van der Waals surface area (Å²) in [5.41, 5.74) is 1.89. The van der Waals surface area contributed by atoms with E-state index in [2.05, 4.69) is 63.6 Å². The Bertz CT molecular complexity index is 601. The van der Waals surface area contributed by atoms with Gasteiger partial charge in [-0.25, -0.2) is 15.0 Å². The van der Waals surface area contributed by atoms with E-state index in [1.165, 1.54) is 0 Å². The van der Waals surface area contributed by atoms with Gasteiger partial charge < -0.3 is 5.32 Å². The molecular formula is C13H17IN4S. The van der Waals surface area contributed by atoms with Crippen molar-refractivity contribution in [1.82, 2.24) is 15.0 Å². The van der Waals surface area contributed by atoms with Gasteiger partial charge in [-0.2, -0.15) is 0 Å². The maximum atomic E-state index is 4.66. The Morgan fingerprint density at radius 3 is 2.42 bits per heavy atom. The monoisotopic (exact) mass is 388 g/mol. The Labute approximate surface area is 131 Å². The summed E-state index contributed by atoms with van der Waals surface area (Å²) in [5, 5.41) is 6.23. The average Bonchev–Trinajstić information content (AvgIpc) is 2.81. The summed E-state index contributed by atoms with van der Waals surface area (Å²) in [7, 11) is 1.87. The largest absolute Gasteiger partial charge is 0.372 e. The number of aryl methyl sites for hydroxylation is 1. The van der Waals surface area contributed by atoms with Crippen molar-refractivity contribution in [1.29, 1.82) is 0 Å². The van der Waals surface area contributed by atoms with Gasteiger partial charge in [0.2, 0.25) is 0 Å². The van der Waals surface area contributed by atoms with Gasteiger partial charge in [-0.15, -0.1) is 11.3 Å². The molecule has 2 rings (SSSR count). The van der Waals surface area contributed by atoms with Crippen LogP contribution in [0.4, 0.5) is 5.82 Å². The van der Waals surface area contributed by atoms with Gasteiger partial charge in [-0.05, 0) is 29.5 Å². The minimum Gasteiger partial charge on any atom is -0.372 e. The molecule has 0 amide bonds. The van der Waals surface area contributed by atoms with Crippen molar-refractivity contribution in [2.24, 2.45) is 0 Å². The van der Waals surface area contributed by atoms with Crippen LogP contribution in [0, 0.1) is 10.5 Å². The summed E-state index contributed by atoms with van der Waals surface area (Å²) in [6, 6.07) is 0. The summed E-state index contributed by atoms with van der Waals surface area (Å²) in [4.78, 5) is 13.7. The Morgan fingerprint density at radius 1 is 1.21 bits per heavy atom. The second kappa shape index (κ2) is 5.32. The smallest absolute Gasteiger partial charge is 0.181 e. The van der Waals surface area contributed by atoms with Gasteiger partial charge in [0.15, 0.2) is 5.82 Å². The van der Waals surface area contributed by atoms with Crippen LogP contribution in [0.3, 0.4) is 0 Å². The Hall–Kier alpha value is -0.760. The third-order valence-corrected chi connectivity index (χ3v) is 5.19. The van der Waals surface area contributed by atoms with Gasteiger partial charge in [0, 0.05) is 17.8 Å². The number of aromatic nitrogens is 3. The molecule has 4 nitrogen and oxygen atoms in total. The summed E-state index contributed by atoms with van der Waals surface area (Å²) in [6.45, 7) is 8.48.